The molecule has 1 N–H and O–H groups in total. The van der Waals surface area contributed by atoms with Crippen molar-refractivity contribution in [2.75, 3.05) is 0 Å². The molecule has 0 radical (unpaired) electrons. The second-order valence-electron chi connectivity index (χ2n) is 2.59. The molecular weight excluding hydrogens is 296 g/mol. The minimum absolute atomic E-state index is 0.00447. The predicted octanol–water partition coefficient (Wildman–Crippen LogP) is 0.937. The van der Waals surface area contributed by atoms with E-state index < -0.39 is 11.1 Å². The Labute approximate surface area is 88.0 Å². The summed E-state index contributed by atoms with van der Waals surface area (Å²) in [6, 6.07) is 0. The van der Waals surface area contributed by atoms with E-state index in [0.717, 1.165) is 0 Å². The molecule has 0 aromatic rings. The predicted molar refractivity (Wildman–Crippen MR) is 53.9 cm³/mol. The van der Waals surface area contributed by atoms with E-state index in [0.29, 0.717) is 5.32 Å². The van der Waals surface area contributed by atoms with Crippen molar-refractivity contribution in [2.24, 2.45) is 0 Å². The third-order valence-electron chi connectivity index (χ3n) is 1.86. The molecule has 1 aliphatic rings. The fraction of sp³-hybridized carbons (Fsp3) is 1.00. The van der Waals surface area contributed by atoms with E-state index in [4.69, 9.17) is 4.52 Å². The van der Waals surface area contributed by atoms with Crippen molar-refractivity contribution >= 4 is 41.3 Å². The third kappa shape index (κ3) is 2.76. The molecule has 0 saturated carbocycles. The SMILES string of the molecule is O=P[C@@H]1C(OP)C(O)[Se]C[C@H]1P=O. The zero-order chi connectivity index (χ0) is 9.84. The molecule has 1 heterocycles. The Morgan fingerprint density at radius 2 is 2.15 bits per heavy atom. The van der Waals surface area contributed by atoms with E-state index in [-0.39, 0.29) is 43.2 Å². The molecule has 1 aliphatic heterocycles. The third-order valence-corrected chi connectivity index (χ3v) is 7.08. The Hall–Kier alpha value is 1.07. The summed E-state index contributed by atoms with van der Waals surface area (Å²) >= 11 is 0.00447. The summed E-state index contributed by atoms with van der Waals surface area (Å²) in [5.41, 5.74) is -0.504. The summed E-state index contributed by atoms with van der Waals surface area (Å²) in [6.07, 6.45) is -0.468. The average Bonchev–Trinajstić information content (AvgIpc) is 2.17. The Morgan fingerprint density at radius 3 is 2.62 bits per heavy atom. The van der Waals surface area contributed by atoms with Gasteiger partial charge in [0.25, 0.3) is 0 Å². The molecule has 13 heavy (non-hydrogen) atoms. The van der Waals surface area contributed by atoms with Crippen molar-refractivity contribution in [3.8, 4) is 0 Å². The van der Waals surface area contributed by atoms with E-state index in [1.165, 1.54) is 0 Å². The summed E-state index contributed by atoms with van der Waals surface area (Å²) < 4.78 is 26.5. The van der Waals surface area contributed by atoms with Crippen LogP contribution in [-0.4, -0.2) is 42.5 Å². The Bertz CT molecular complexity index is 204. The first-order chi connectivity index (χ1) is 6.24. The van der Waals surface area contributed by atoms with Crippen LogP contribution in [0.4, 0.5) is 0 Å². The van der Waals surface area contributed by atoms with Gasteiger partial charge in [-0.05, 0) is 0 Å². The summed E-state index contributed by atoms with van der Waals surface area (Å²) in [5.74, 6) is 0. The summed E-state index contributed by atoms with van der Waals surface area (Å²) in [5, 5.41) is 9.66. The van der Waals surface area contributed by atoms with Gasteiger partial charge in [0.15, 0.2) is 0 Å². The van der Waals surface area contributed by atoms with Crippen LogP contribution >= 0.6 is 26.4 Å². The van der Waals surface area contributed by atoms with E-state index in [9.17, 15) is 14.2 Å². The van der Waals surface area contributed by atoms with Gasteiger partial charge < -0.3 is 0 Å². The molecule has 4 nitrogen and oxygen atoms in total. The molecule has 5 atom stereocenters. The van der Waals surface area contributed by atoms with E-state index in [2.05, 4.69) is 9.47 Å². The monoisotopic (exact) mass is 306 g/mol. The van der Waals surface area contributed by atoms with Gasteiger partial charge in [0.05, 0.1) is 0 Å². The molecule has 1 fully saturated rings. The molecule has 0 aromatic heterocycles. The van der Waals surface area contributed by atoms with Crippen molar-refractivity contribution in [3.05, 3.63) is 0 Å². The molecule has 1 saturated heterocycles. The van der Waals surface area contributed by atoms with Crippen LogP contribution in [-0.2, 0) is 13.7 Å². The van der Waals surface area contributed by atoms with Gasteiger partial charge in [0.1, 0.15) is 0 Å². The second-order valence-corrected chi connectivity index (χ2v) is 6.96. The molecule has 0 amide bonds. The Balaban J connectivity index is 2.75. The summed E-state index contributed by atoms with van der Waals surface area (Å²) in [7, 11) is 1.95. The van der Waals surface area contributed by atoms with Crippen LogP contribution in [0.2, 0.25) is 5.32 Å². The summed E-state index contributed by atoms with van der Waals surface area (Å²) in [4.78, 5) is 0. The molecule has 0 aliphatic carbocycles. The van der Waals surface area contributed by atoms with Gasteiger partial charge >= 0.3 is 87.8 Å². The molecule has 8 heteroatoms. The van der Waals surface area contributed by atoms with E-state index >= 15 is 0 Å². The Morgan fingerprint density at radius 1 is 1.46 bits per heavy atom. The first-order valence-corrected chi connectivity index (χ1v) is 7.98. The van der Waals surface area contributed by atoms with E-state index in [1.54, 1.807) is 0 Å². The molecule has 0 spiro atoms. The zero-order valence-electron chi connectivity index (χ0n) is 6.57. The molecule has 0 aromatic carbocycles. The minimum atomic E-state index is -0.547. The van der Waals surface area contributed by atoms with E-state index in [1.807, 2.05) is 0 Å². The van der Waals surface area contributed by atoms with Crippen LogP contribution in [0.15, 0.2) is 0 Å². The van der Waals surface area contributed by atoms with Crippen molar-refractivity contribution < 1.29 is 18.8 Å². The van der Waals surface area contributed by atoms with Gasteiger partial charge in [-0.3, -0.25) is 0 Å². The van der Waals surface area contributed by atoms with Crippen LogP contribution < -0.4 is 0 Å². The molecular formula is C5H9O4P3Se. The number of rotatable bonds is 3. The van der Waals surface area contributed by atoms with Crippen LogP contribution in [0.3, 0.4) is 0 Å². The number of hydrogen-bond donors (Lipinski definition) is 1. The first kappa shape index (κ1) is 12.1. The second kappa shape index (κ2) is 5.83. The first-order valence-electron chi connectivity index (χ1n) is 3.54. The Kier molecular flexibility index (Phi) is 5.45. The van der Waals surface area contributed by atoms with Crippen molar-refractivity contribution in [2.45, 2.75) is 27.7 Å². The molecule has 74 valence electrons. The van der Waals surface area contributed by atoms with Crippen LogP contribution in [0.5, 0.6) is 0 Å². The van der Waals surface area contributed by atoms with Crippen LogP contribution in [0.25, 0.3) is 0 Å². The van der Waals surface area contributed by atoms with Gasteiger partial charge in [-0.15, -0.1) is 0 Å². The van der Waals surface area contributed by atoms with Crippen LogP contribution in [0.1, 0.15) is 0 Å². The fourth-order valence-corrected chi connectivity index (χ4v) is 6.70. The van der Waals surface area contributed by atoms with Crippen molar-refractivity contribution in [1.29, 1.82) is 0 Å². The zero-order valence-corrected chi connectivity index (χ0v) is 11.2. The normalized spacial score (nSPS) is 41.1. The van der Waals surface area contributed by atoms with Crippen molar-refractivity contribution in [1.82, 2.24) is 0 Å². The van der Waals surface area contributed by atoms with Gasteiger partial charge in [0, 0.05) is 0 Å². The number of hydrogen-bond acceptors (Lipinski definition) is 4. The quantitative estimate of drug-likeness (QED) is 0.622. The standard InChI is InChI=1S/C5H9O4P3Se/c6-5-3(9-10)4(12-8)2(11-7)1-13-5/h2-6H,1,10H2/t2-,3?,4+,5?/m1/s1. The number of aliphatic hydroxyl groups is 1. The van der Waals surface area contributed by atoms with Gasteiger partial charge in [-0.1, -0.05) is 0 Å². The molecule has 3 unspecified atom stereocenters. The topological polar surface area (TPSA) is 63.6 Å². The van der Waals surface area contributed by atoms with Gasteiger partial charge in [-0.2, -0.15) is 0 Å². The fourth-order valence-electron chi connectivity index (χ4n) is 1.15. The molecule has 1 rings (SSSR count). The van der Waals surface area contributed by atoms with Gasteiger partial charge in [0.2, 0.25) is 0 Å². The van der Waals surface area contributed by atoms with Crippen molar-refractivity contribution in [3.63, 3.8) is 0 Å². The number of aliphatic hydroxyl groups excluding tert-OH is 1. The summed E-state index contributed by atoms with van der Waals surface area (Å²) in [6.45, 7) is 0. The van der Waals surface area contributed by atoms with Crippen LogP contribution in [0, 0.1) is 0 Å². The average molecular weight is 305 g/mol. The van der Waals surface area contributed by atoms with Gasteiger partial charge in [-0.25, -0.2) is 0 Å². The molecule has 0 bridgehead atoms. The maximum atomic E-state index is 10.8. The maximum absolute atomic E-state index is 10.8.